The Kier molecular flexibility index (Phi) is 8.82. The van der Waals surface area contributed by atoms with Gasteiger partial charge in [-0.05, 0) is 103 Å². The van der Waals surface area contributed by atoms with Gasteiger partial charge in [-0.2, -0.15) is 0 Å². The van der Waals surface area contributed by atoms with Crippen molar-refractivity contribution in [2.75, 3.05) is 34.5 Å². The maximum atomic E-state index is 13.3. The molecule has 1 aromatic heterocycles. The minimum Gasteiger partial charge on any atom is -0.497 e. The Morgan fingerprint density at radius 1 is 0.686 bits per heavy atom. The van der Waals surface area contributed by atoms with Gasteiger partial charge in [0.1, 0.15) is 11.5 Å². The van der Waals surface area contributed by atoms with E-state index in [4.69, 9.17) is 18.9 Å². The summed E-state index contributed by atoms with van der Waals surface area (Å²) in [7, 11) is 4.99. The van der Waals surface area contributed by atoms with E-state index in [1.54, 1.807) is 27.4 Å². The van der Waals surface area contributed by atoms with Crippen LogP contribution in [0.4, 0.5) is 5.69 Å². The molecular formula is C43H41N3O5. The number of carbonyl (C=O) groups is 1. The third-order valence-corrected chi connectivity index (χ3v) is 10.2. The molecule has 8 nitrogen and oxygen atoms in total. The summed E-state index contributed by atoms with van der Waals surface area (Å²) >= 11 is 0. The van der Waals surface area contributed by atoms with Crippen molar-refractivity contribution in [2.45, 2.75) is 38.3 Å². The molecule has 8 heteroatoms. The van der Waals surface area contributed by atoms with Gasteiger partial charge in [-0.3, -0.25) is 9.79 Å². The predicted molar refractivity (Wildman–Crippen MR) is 203 cm³/mol. The highest BCUT2D eigenvalue weighted by molar-refractivity contribution is 6.10. The van der Waals surface area contributed by atoms with Gasteiger partial charge in [-0.1, -0.05) is 36.4 Å². The molecule has 0 bridgehead atoms. The number of nitrogens with zero attached hydrogens (tertiary/aromatic N) is 3. The van der Waals surface area contributed by atoms with E-state index in [-0.39, 0.29) is 11.9 Å². The molecule has 0 unspecified atom stereocenters. The number of unbranched alkanes of at least 4 members (excludes halogenated alkanes) is 1. The topological polar surface area (TPSA) is 74.5 Å². The number of aliphatic imine (C=N–C) groups is 1. The van der Waals surface area contributed by atoms with Crippen LogP contribution in [0.2, 0.25) is 0 Å². The molecular weight excluding hydrogens is 638 g/mol. The first-order valence-electron chi connectivity index (χ1n) is 17.6. The molecule has 6 aromatic rings. The average Bonchev–Trinajstić information content (AvgIpc) is 3.75. The fourth-order valence-corrected chi connectivity index (χ4v) is 7.45. The van der Waals surface area contributed by atoms with Crippen molar-refractivity contribution in [1.29, 1.82) is 0 Å². The largest absolute Gasteiger partial charge is 0.497 e. The van der Waals surface area contributed by atoms with Gasteiger partial charge in [0, 0.05) is 47.2 Å². The van der Waals surface area contributed by atoms with Crippen molar-refractivity contribution in [1.82, 2.24) is 9.47 Å². The van der Waals surface area contributed by atoms with Gasteiger partial charge >= 0.3 is 0 Å². The molecule has 1 fully saturated rings. The predicted octanol–water partition coefficient (Wildman–Crippen LogP) is 9.33. The van der Waals surface area contributed by atoms with Crippen LogP contribution in [0.3, 0.4) is 0 Å². The molecule has 0 spiro atoms. The summed E-state index contributed by atoms with van der Waals surface area (Å²) in [5.41, 5.74) is 8.21. The van der Waals surface area contributed by atoms with E-state index < -0.39 is 0 Å². The van der Waals surface area contributed by atoms with E-state index in [0.29, 0.717) is 29.4 Å². The fourth-order valence-electron chi connectivity index (χ4n) is 7.45. The Morgan fingerprint density at radius 2 is 1.29 bits per heavy atom. The number of aromatic nitrogens is 1. The number of carbonyl (C=O) groups excluding carboxylic acids is 1. The van der Waals surface area contributed by atoms with Crippen molar-refractivity contribution in [3.63, 3.8) is 0 Å². The first-order valence-corrected chi connectivity index (χ1v) is 17.6. The summed E-state index contributed by atoms with van der Waals surface area (Å²) in [6, 6.07) is 33.6. The quantitative estimate of drug-likeness (QED) is 0.128. The SMILES string of the molecule is COc1ccc(-c2ccc3c(c2)c2cc(-c4ccc(OC)cc4)ccc2n3CCCCOc2cc3c(cc2OC)C(=O)N2CCC[C@H]2C=N3)cc1. The summed E-state index contributed by atoms with van der Waals surface area (Å²) in [5.74, 6) is 2.85. The first-order chi connectivity index (χ1) is 25.0. The van der Waals surface area contributed by atoms with E-state index in [9.17, 15) is 4.79 Å². The van der Waals surface area contributed by atoms with Crippen LogP contribution in [-0.2, 0) is 6.54 Å². The van der Waals surface area contributed by atoms with Gasteiger partial charge < -0.3 is 28.4 Å². The zero-order valence-electron chi connectivity index (χ0n) is 29.2. The van der Waals surface area contributed by atoms with Gasteiger partial charge in [0.25, 0.3) is 5.91 Å². The van der Waals surface area contributed by atoms with Gasteiger partial charge in [0.2, 0.25) is 0 Å². The molecule has 1 atom stereocenters. The molecule has 3 heterocycles. The smallest absolute Gasteiger partial charge is 0.256 e. The number of rotatable bonds is 11. The molecule has 0 aliphatic carbocycles. The summed E-state index contributed by atoms with van der Waals surface area (Å²) < 4.78 is 25.2. The highest BCUT2D eigenvalue weighted by atomic mass is 16.5. The third-order valence-electron chi connectivity index (χ3n) is 10.2. The van der Waals surface area contributed by atoms with Gasteiger partial charge in [0.15, 0.2) is 11.5 Å². The van der Waals surface area contributed by atoms with Crippen LogP contribution in [0.25, 0.3) is 44.1 Å². The molecule has 1 amide bonds. The van der Waals surface area contributed by atoms with E-state index in [0.717, 1.165) is 72.5 Å². The Balaban J connectivity index is 1.05. The van der Waals surface area contributed by atoms with Crippen molar-refractivity contribution < 1.29 is 23.7 Å². The van der Waals surface area contributed by atoms with Crippen molar-refractivity contribution in [3.05, 3.63) is 103 Å². The standard InChI is InChI=1S/C43H41N3O5/c1-48-33-14-8-28(9-15-33)30-12-18-39-35(23-30)36-24-31(29-10-16-34(49-2)17-11-29)13-19-40(36)46(39)20-4-5-22-51-42-26-38-37(25-41(42)50-3)43(47)45-21-6-7-32(45)27-44-38/h8-19,23-27,32H,4-7,20-22H2,1-3H3/t32-/m0/s1. The lowest BCUT2D eigenvalue weighted by Gasteiger charge is -2.20. The zero-order chi connectivity index (χ0) is 34.9. The second kappa shape index (κ2) is 13.9. The lowest BCUT2D eigenvalue weighted by Crippen LogP contribution is -2.35. The monoisotopic (exact) mass is 679 g/mol. The lowest BCUT2D eigenvalue weighted by molar-refractivity contribution is 0.0774. The molecule has 1 saturated heterocycles. The Bertz CT molecular complexity index is 2150. The summed E-state index contributed by atoms with van der Waals surface area (Å²) in [5, 5.41) is 2.44. The van der Waals surface area contributed by atoms with Crippen LogP contribution in [-0.4, -0.2) is 62.1 Å². The summed E-state index contributed by atoms with van der Waals surface area (Å²) in [6.45, 7) is 2.11. The number of hydrogen-bond donors (Lipinski definition) is 0. The number of hydrogen-bond acceptors (Lipinski definition) is 6. The van der Waals surface area contributed by atoms with Crippen molar-refractivity contribution in [2.24, 2.45) is 4.99 Å². The second-order valence-corrected chi connectivity index (χ2v) is 13.1. The minimum absolute atomic E-state index is 0.00765. The van der Waals surface area contributed by atoms with E-state index in [1.165, 1.54) is 21.8 Å². The fraction of sp³-hybridized carbons (Fsp3) is 0.256. The third kappa shape index (κ3) is 6.16. The van der Waals surface area contributed by atoms with Gasteiger partial charge in [-0.25, -0.2) is 0 Å². The van der Waals surface area contributed by atoms with E-state index >= 15 is 0 Å². The number of fused-ring (bicyclic) bond motifs is 5. The first kappa shape index (κ1) is 32.4. The van der Waals surface area contributed by atoms with Crippen LogP contribution >= 0.6 is 0 Å². The number of aryl methyl sites for hydroxylation is 1. The Labute approximate surface area is 297 Å². The second-order valence-electron chi connectivity index (χ2n) is 13.1. The highest BCUT2D eigenvalue weighted by Gasteiger charge is 2.32. The lowest BCUT2D eigenvalue weighted by atomic mass is 10.00. The van der Waals surface area contributed by atoms with Crippen LogP contribution in [0.15, 0.2) is 102 Å². The molecule has 51 heavy (non-hydrogen) atoms. The molecule has 0 radical (unpaired) electrons. The molecule has 2 aliphatic rings. The summed E-state index contributed by atoms with van der Waals surface area (Å²) in [6.07, 6.45) is 5.61. The molecule has 5 aromatic carbocycles. The van der Waals surface area contributed by atoms with Crippen LogP contribution in [0.5, 0.6) is 23.0 Å². The zero-order valence-corrected chi connectivity index (χ0v) is 29.2. The molecule has 0 N–H and O–H groups in total. The minimum atomic E-state index is 0.00765. The Hall–Kier alpha value is -5.76. The Morgan fingerprint density at radius 3 is 1.88 bits per heavy atom. The van der Waals surface area contributed by atoms with Crippen LogP contribution in [0.1, 0.15) is 36.0 Å². The van der Waals surface area contributed by atoms with E-state index in [2.05, 4.69) is 70.2 Å². The number of amides is 1. The normalized spacial score (nSPS) is 15.2. The molecule has 2 aliphatic heterocycles. The van der Waals surface area contributed by atoms with Crippen LogP contribution in [0, 0.1) is 0 Å². The van der Waals surface area contributed by atoms with Crippen molar-refractivity contribution in [3.8, 4) is 45.3 Å². The maximum absolute atomic E-state index is 13.3. The van der Waals surface area contributed by atoms with Gasteiger partial charge in [-0.15, -0.1) is 0 Å². The number of ether oxygens (including phenoxy) is 4. The maximum Gasteiger partial charge on any atom is 0.256 e. The van der Waals surface area contributed by atoms with Crippen molar-refractivity contribution >= 4 is 39.6 Å². The molecule has 0 saturated carbocycles. The van der Waals surface area contributed by atoms with Crippen LogP contribution < -0.4 is 18.9 Å². The summed E-state index contributed by atoms with van der Waals surface area (Å²) in [4.78, 5) is 19.9. The highest BCUT2D eigenvalue weighted by Crippen LogP contribution is 2.39. The van der Waals surface area contributed by atoms with Gasteiger partial charge in [0.05, 0.1) is 45.2 Å². The average molecular weight is 680 g/mol. The number of methoxy groups -OCH3 is 3. The molecule has 258 valence electrons. The number of benzene rings is 5. The van der Waals surface area contributed by atoms with E-state index in [1.807, 2.05) is 41.4 Å². The molecule has 8 rings (SSSR count).